The maximum Gasteiger partial charge on any atom is 0.170 e. The van der Waals surface area contributed by atoms with E-state index in [4.69, 9.17) is 0 Å². The SMILES string of the molecule is CCC(O)=C1C(=O)CC(c2ccc(O)cc2)CC1=O. The molecule has 1 aromatic rings. The van der Waals surface area contributed by atoms with Crippen LogP contribution in [0.15, 0.2) is 35.6 Å². The van der Waals surface area contributed by atoms with Gasteiger partial charge in [0.2, 0.25) is 0 Å². The third-order valence-corrected chi connectivity index (χ3v) is 3.41. The summed E-state index contributed by atoms with van der Waals surface area (Å²) in [7, 11) is 0. The lowest BCUT2D eigenvalue weighted by Gasteiger charge is -2.22. The van der Waals surface area contributed by atoms with Crippen LogP contribution in [0, 0.1) is 0 Å². The van der Waals surface area contributed by atoms with E-state index in [0.717, 1.165) is 5.56 Å². The molecule has 0 saturated heterocycles. The van der Waals surface area contributed by atoms with E-state index in [9.17, 15) is 19.8 Å². The van der Waals surface area contributed by atoms with Crippen LogP contribution in [0.2, 0.25) is 0 Å². The Kier molecular flexibility index (Phi) is 3.69. The molecule has 2 rings (SSSR count). The van der Waals surface area contributed by atoms with E-state index in [1.807, 2.05) is 0 Å². The van der Waals surface area contributed by atoms with Crippen molar-refractivity contribution >= 4 is 11.6 Å². The molecule has 2 N–H and O–H groups in total. The summed E-state index contributed by atoms with van der Waals surface area (Å²) in [6, 6.07) is 6.52. The van der Waals surface area contributed by atoms with Crippen LogP contribution in [0.5, 0.6) is 5.75 Å². The number of benzene rings is 1. The van der Waals surface area contributed by atoms with Crippen molar-refractivity contribution in [3.63, 3.8) is 0 Å². The van der Waals surface area contributed by atoms with Gasteiger partial charge in [-0.25, -0.2) is 0 Å². The number of hydrogen-bond acceptors (Lipinski definition) is 4. The lowest BCUT2D eigenvalue weighted by Crippen LogP contribution is -2.26. The van der Waals surface area contributed by atoms with E-state index >= 15 is 0 Å². The topological polar surface area (TPSA) is 74.6 Å². The predicted octanol–water partition coefficient (Wildman–Crippen LogP) is 2.63. The molecule has 4 heteroatoms. The van der Waals surface area contributed by atoms with Crippen LogP contribution >= 0.6 is 0 Å². The summed E-state index contributed by atoms with van der Waals surface area (Å²) in [5, 5.41) is 18.9. The van der Waals surface area contributed by atoms with Crippen molar-refractivity contribution in [2.24, 2.45) is 0 Å². The number of carbonyl (C=O) groups excluding carboxylic acids is 2. The molecule has 1 aliphatic carbocycles. The van der Waals surface area contributed by atoms with Crippen LogP contribution in [0.4, 0.5) is 0 Å². The minimum atomic E-state index is -0.298. The van der Waals surface area contributed by atoms with Gasteiger partial charge in [-0.1, -0.05) is 19.1 Å². The third-order valence-electron chi connectivity index (χ3n) is 3.41. The average molecular weight is 260 g/mol. The average Bonchev–Trinajstić information content (AvgIpc) is 2.38. The third kappa shape index (κ3) is 2.67. The molecule has 0 unspecified atom stereocenters. The van der Waals surface area contributed by atoms with Gasteiger partial charge >= 0.3 is 0 Å². The molecule has 0 atom stereocenters. The van der Waals surface area contributed by atoms with Crippen LogP contribution in [-0.2, 0) is 9.59 Å². The lowest BCUT2D eigenvalue weighted by atomic mass is 9.79. The number of phenols is 1. The molecule has 0 spiro atoms. The fourth-order valence-corrected chi connectivity index (χ4v) is 2.36. The Labute approximate surface area is 111 Å². The molecule has 0 heterocycles. The van der Waals surface area contributed by atoms with Crippen LogP contribution in [0.25, 0.3) is 0 Å². The van der Waals surface area contributed by atoms with Gasteiger partial charge in [0.05, 0.1) is 5.57 Å². The fraction of sp³-hybridized carbons (Fsp3) is 0.333. The minimum Gasteiger partial charge on any atom is -0.511 e. The van der Waals surface area contributed by atoms with E-state index in [2.05, 4.69) is 0 Å². The van der Waals surface area contributed by atoms with Crippen molar-refractivity contribution in [3.05, 3.63) is 41.2 Å². The quantitative estimate of drug-likeness (QED) is 0.487. The maximum atomic E-state index is 12.0. The highest BCUT2D eigenvalue weighted by molar-refractivity contribution is 6.22. The van der Waals surface area contributed by atoms with Crippen molar-refractivity contribution in [2.75, 3.05) is 0 Å². The molecule has 1 aromatic carbocycles. The summed E-state index contributed by atoms with van der Waals surface area (Å²) >= 11 is 0. The van der Waals surface area contributed by atoms with Crippen molar-refractivity contribution in [1.82, 2.24) is 0 Å². The van der Waals surface area contributed by atoms with E-state index in [1.165, 1.54) is 0 Å². The summed E-state index contributed by atoms with van der Waals surface area (Å²) in [5.41, 5.74) is 0.826. The first kappa shape index (κ1) is 13.3. The Morgan fingerprint density at radius 1 is 1.16 bits per heavy atom. The summed E-state index contributed by atoms with van der Waals surface area (Å²) in [6.45, 7) is 1.70. The highest BCUT2D eigenvalue weighted by Gasteiger charge is 2.33. The second kappa shape index (κ2) is 5.26. The highest BCUT2D eigenvalue weighted by Crippen LogP contribution is 2.33. The monoisotopic (exact) mass is 260 g/mol. The maximum absolute atomic E-state index is 12.0. The Balaban J connectivity index is 2.25. The number of phenolic OH excluding ortho intramolecular Hbond substituents is 1. The number of aliphatic hydroxyl groups excluding tert-OH is 1. The summed E-state index contributed by atoms with van der Waals surface area (Å²) < 4.78 is 0. The second-order valence-corrected chi connectivity index (χ2v) is 4.72. The van der Waals surface area contributed by atoms with Crippen LogP contribution in [-0.4, -0.2) is 21.8 Å². The first-order chi connectivity index (χ1) is 9.02. The Morgan fingerprint density at radius 2 is 1.68 bits per heavy atom. The van der Waals surface area contributed by atoms with Crippen molar-refractivity contribution < 1.29 is 19.8 Å². The Bertz CT molecular complexity index is 520. The smallest absolute Gasteiger partial charge is 0.170 e. The Morgan fingerprint density at radius 3 is 2.16 bits per heavy atom. The Hall–Kier alpha value is -2.10. The minimum absolute atomic E-state index is 0.0301. The van der Waals surface area contributed by atoms with Crippen LogP contribution < -0.4 is 0 Å². The number of Topliss-reactive ketones (excluding diaryl/α,β-unsaturated/α-hetero) is 2. The number of aliphatic hydroxyl groups is 1. The number of rotatable bonds is 2. The largest absolute Gasteiger partial charge is 0.511 e. The first-order valence-corrected chi connectivity index (χ1v) is 6.30. The standard InChI is InChI=1S/C15H16O4/c1-2-12(17)15-13(18)7-10(8-14(15)19)9-3-5-11(16)6-4-9/h3-6,10,16-17H,2,7-8H2,1H3. The van der Waals surface area contributed by atoms with Crippen LogP contribution in [0.3, 0.4) is 0 Å². The summed E-state index contributed by atoms with van der Waals surface area (Å²) in [6.07, 6.45) is 0.725. The van der Waals surface area contributed by atoms with Crippen molar-refractivity contribution in [2.45, 2.75) is 32.1 Å². The van der Waals surface area contributed by atoms with Gasteiger partial charge in [0.25, 0.3) is 0 Å². The normalized spacial score (nSPS) is 19.6. The molecule has 0 amide bonds. The molecule has 0 aliphatic heterocycles. The van der Waals surface area contributed by atoms with Gasteiger partial charge in [0.15, 0.2) is 11.6 Å². The molecule has 1 saturated carbocycles. The molecular weight excluding hydrogens is 244 g/mol. The lowest BCUT2D eigenvalue weighted by molar-refractivity contribution is -0.124. The molecular formula is C15H16O4. The van der Waals surface area contributed by atoms with Crippen molar-refractivity contribution in [1.29, 1.82) is 0 Å². The van der Waals surface area contributed by atoms with E-state index in [0.29, 0.717) is 0 Å². The molecule has 1 aliphatic rings. The molecule has 4 nitrogen and oxygen atoms in total. The summed E-state index contributed by atoms with van der Waals surface area (Å²) in [4.78, 5) is 23.9. The highest BCUT2D eigenvalue weighted by atomic mass is 16.3. The zero-order valence-electron chi connectivity index (χ0n) is 10.7. The van der Waals surface area contributed by atoms with Gasteiger partial charge in [0.1, 0.15) is 11.5 Å². The molecule has 19 heavy (non-hydrogen) atoms. The number of ketones is 2. The van der Waals surface area contributed by atoms with Gasteiger partial charge in [-0.3, -0.25) is 9.59 Å². The first-order valence-electron chi connectivity index (χ1n) is 6.30. The number of carbonyl (C=O) groups is 2. The summed E-state index contributed by atoms with van der Waals surface area (Å²) in [5.74, 6) is -0.725. The molecule has 0 bridgehead atoms. The zero-order valence-corrected chi connectivity index (χ0v) is 10.7. The van der Waals surface area contributed by atoms with E-state index in [-0.39, 0.29) is 53.8 Å². The van der Waals surface area contributed by atoms with Gasteiger partial charge in [0, 0.05) is 19.3 Å². The number of aromatic hydroxyl groups is 1. The van der Waals surface area contributed by atoms with Gasteiger partial charge in [-0.2, -0.15) is 0 Å². The molecule has 1 fully saturated rings. The van der Waals surface area contributed by atoms with Crippen LogP contribution in [0.1, 0.15) is 37.7 Å². The number of allylic oxidation sites excluding steroid dienone is 2. The second-order valence-electron chi connectivity index (χ2n) is 4.72. The van der Waals surface area contributed by atoms with Crippen molar-refractivity contribution in [3.8, 4) is 5.75 Å². The number of hydrogen-bond donors (Lipinski definition) is 2. The molecule has 100 valence electrons. The van der Waals surface area contributed by atoms with Gasteiger partial charge < -0.3 is 10.2 Å². The predicted molar refractivity (Wildman–Crippen MR) is 70.0 cm³/mol. The van der Waals surface area contributed by atoms with Gasteiger partial charge in [-0.05, 0) is 23.6 Å². The van der Waals surface area contributed by atoms with Gasteiger partial charge in [-0.15, -0.1) is 0 Å². The molecule has 0 aromatic heterocycles. The van der Waals surface area contributed by atoms with E-state index in [1.54, 1.807) is 31.2 Å². The fourth-order valence-electron chi connectivity index (χ4n) is 2.36. The molecule has 0 radical (unpaired) electrons. The zero-order chi connectivity index (χ0) is 14.0. The van der Waals surface area contributed by atoms with E-state index < -0.39 is 0 Å².